The summed E-state index contributed by atoms with van der Waals surface area (Å²) in [6, 6.07) is 0. The molecule has 0 aromatic rings. The maximum atomic E-state index is 10.1. The Morgan fingerprint density at radius 1 is 1.36 bits per heavy atom. The summed E-state index contributed by atoms with van der Waals surface area (Å²) < 4.78 is 4.31. The Bertz CT molecular complexity index is 139. The Hall–Kier alpha value is -0.00286. The van der Waals surface area contributed by atoms with E-state index in [4.69, 9.17) is 7.74 Å². The number of esters is 1. The zero-order valence-electron chi connectivity index (χ0n) is 8.75. The van der Waals surface area contributed by atoms with E-state index < -0.39 is 5.97 Å². The van der Waals surface area contributed by atoms with Crippen LogP contribution < -0.4 is 0 Å². The minimum Gasteiger partial charge on any atom is -0.458 e. The molecule has 75 valence electrons. The molecule has 0 N–H and O–H groups in total. The zero-order valence-corrected chi connectivity index (χ0v) is 11.5. The van der Waals surface area contributed by atoms with Gasteiger partial charge >= 0.3 is 5.97 Å². The molecule has 0 amide bonds. The first-order chi connectivity index (χ1) is 6.04. The second kappa shape index (κ2) is 15.5. The average Bonchev–Trinajstić information content (AvgIpc) is 2.03. The van der Waals surface area contributed by atoms with Crippen LogP contribution in [0.5, 0.6) is 0 Å². The molecule has 0 unspecified atom stereocenters. The monoisotopic (exact) mass is 365 g/mol. The molecule has 0 fully saturated rings. The number of hydrogen-bond acceptors (Lipinski definition) is 3. The first-order valence-electron chi connectivity index (χ1n) is 4.04. The fraction of sp³-hybridized carbons (Fsp3) is 0.714. The SMILES string of the molecule is CC(=O)COC(C)=O.[B][B][B]CC.[Re]. The topological polar surface area (TPSA) is 43.4 Å². The van der Waals surface area contributed by atoms with Gasteiger partial charge in [-0.05, 0) is 6.92 Å². The quantitative estimate of drug-likeness (QED) is 0.520. The van der Waals surface area contributed by atoms with Crippen LogP contribution in [-0.4, -0.2) is 40.3 Å². The number of hydrogen-bond donors (Lipinski definition) is 0. The molecule has 0 rings (SSSR count). The summed E-state index contributed by atoms with van der Waals surface area (Å²) in [7, 11) is 8.42. The Balaban J connectivity index is -0.000000177. The molecule has 0 saturated heterocycles. The third-order valence-corrected chi connectivity index (χ3v) is 0.850. The first kappa shape index (κ1) is 19.6. The Morgan fingerprint density at radius 2 is 1.86 bits per heavy atom. The summed E-state index contributed by atoms with van der Waals surface area (Å²) in [6.07, 6.45) is 1.04. The van der Waals surface area contributed by atoms with Crippen LogP contribution in [0.1, 0.15) is 20.8 Å². The van der Waals surface area contributed by atoms with Gasteiger partial charge in [-0.25, -0.2) is 0 Å². The summed E-state index contributed by atoms with van der Waals surface area (Å²) in [4.78, 5) is 20.0. The van der Waals surface area contributed by atoms with E-state index in [9.17, 15) is 9.59 Å². The van der Waals surface area contributed by atoms with Crippen molar-refractivity contribution in [2.45, 2.75) is 27.1 Å². The van der Waals surface area contributed by atoms with Gasteiger partial charge < -0.3 is 4.74 Å². The van der Waals surface area contributed by atoms with Crippen LogP contribution in [0.2, 0.25) is 6.32 Å². The van der Waals surface area contributed by atoms with Crippen molar-refractivity contribution in [1.82, 2.24) is 0 Å². The maximum absolute atomic E-state index is 10.1. The molecule has 5 radical (unpaired) electrons. The standard InChI is InChI=1S/C5H8O3.C2H5B3.Re/c1-4(6)3-8-5(2)7;1-2-4-5-3;/h3H2,1-2H3;2H2,1H3;. The van der Waals surface area contributed by atoms with Crippen molar-refractivity contribution in [3.63, 3.8) is 0 Å². The van der Waals surface area contributed by atoms with Crippen LogP contribution in [0.3, 0.4) is 0 Å². The van der Waals surface area contributed by atoms with E-state index >= 15 is 0 Å². The van der Waals surface area contributed by atoms with E-state index in [1.54, 1.807) is 7.06 Å². The van der Waals surface area contributed by atoms with E-state index in [1.807, 2.05) is 14.1 Å². The first-order valence-corrected chi connectivity index (χ1v) is 4.04. The van der Waals surface area contributed by atoms with E-state index in [-0.39, 0.29) is 32.8 Å². The molecule has 7 heteroatoms. The fourth-order valence-corrected chi connectivity index (χ4v) is 0.339. The zero-order chi connectivity index (χ0) is 10.7. The van der Waals surface area contributed by atoms with Crippen molar-refractivity contribution in [3.05, 3.63) is 0 Å². The maximum Gasteiger partial charge on any atom is 0.303 e. The van der Waals surface area contributed by atoms with Gasteiger partial charge in [-0.3, -0.25) is 9.59 Å². The molecule has 0 aromatic heterocycles. The van der Waals surface area contributed by atoms with Crippen molar-refractivity contribution in [3.8, 4) is 0 Å². The second-order valence-corrected chi connectivity index (χ2v) is 2.32. The van der Waals surface area contributed by atoms with Gasteiger partial charge in [0.1, 0.15) is 6.61 Å². The van der Waals surface area contributed by atoms with Gasteiger partial charge in [0.25, 0.3) is 0 Å². The van der Waals surface area contributed by atoms with Gasteiger partial charge in [0.05, 0.1) is 7.17 Å². The summed E-state index contributed by atoms with van der Waals surface area (Å²) in [5, 5.41) is 0. The molecule has 0 aliphatic heterocycles. The van der Waals surface area contributed by atoms with Gasteiger partial charge in [0.2, 0.25) is 0 Å². The van der Waals surface area contributed by atoms with Crippen LogP contribution in [0.15, 0.2) is 0 Å². The number of rotatable bonds is 4. The molecule has 0 bridgehead atoms. The van der Waals surface area contributed by atoms with Crippen molar-refractivity contribution in [1.29, 1.82) is 0 Å². The van der Waals surface area contributed by atoms with Crippen LogP contribution in [-0.2, 0) is 34.7 Å². The van der Waals surface area contributed by atoms with Crippen LogP contribution in [0, 0.1) is 0 Å². The van der Waals surface area contributed by atoms with E-state index in [0.29, 0.717) is 0 Å². The second-order valence-electron chi connectivity index (χ2n) is 2.32. The number of ketones is 1. The van der Waals surface area contributed by atoms with Crippen LogP contribution >= 0.6 is 0 Å². The summed E-state index contributed by atoms with van der Waals surface area (Å²) in [5.74, 6) is -0.555. The molecule has 0 atom stereocenters. The normalized spacial score (nSPS) is 7.07. The Labute approximate surface area is 102 Å². The third kappa shape index (κ3) is 29.6. The molecule has 0 aliphatic rings. The molecule has 0 aliphatic carbocycles. The molecule has 0 saturated carbocycles. The summed E-state index contributed by atoms with van der Waals surface area (Å²) >= 11 is 0. The van der Waals surface area contributed by atoms with Crippen LogP contribution in [0.25, 0.3) is 0 Å². The molecular formula is C7H13B3O3Re. The molecular weight excluding hydrogens is 351 g/mol. The van der Waals surface area contributed by atoms with Crippen molar-refractivity contribution in [2.75, 3.05) is 6.61 Å². The van der Waals surface area contributed by atoms with Crippen molar-refractivity contribution < 1.29 is 34.7 Å². The minimum atomic E-state index is -0.416. The Kier molecular flexibility index (Phi) is 21.6. The number of Topliss-reactive ketones (excluding diaryl/α,β-unsaturated/α-hetero) is 1. The Morgan fingerprint density at radius 3 is 1.93 bits per heavy atom. The number of ether oxygens (including phenoxy) is 1. The number of carbonyl (C=O) groups excluding carboxylic acids is 2. The molecule has 14 heavy (non-hydrogen) atoms. The average molecular weight is 364 g/mol. The molecule has 0 spiro atoms. The van der Waals surface area contributed by atoms with Gasteiger partial charge in [0, 0.05) is 42.1 Å². The summed E-state index contributed by atoms with van der Waals surface area (Å²) in [5.41, 5.74) is 0. The predicted molar refractivity (Wildman–Crippen MR) is 55.1 cm³/mol. The molecule has 0 heterocycles. The largest absolute Gasteiger partial charge is 0.458 e. The van der Waals surface area contributed by atoms with Gasteiger partial charge in [-0.2, -0.15) is 0 Å². The van der Waals surface area contributed by atoms with Crippen molar-refractivity contribution in [2.24, 2.45) is 0 Å². The van der Waals surface area contributed by atoms with Gasteiger partial charge in [-0.15, -0.1) is 0 Å². The van der Waals surface area contributed by atoms with E-state index in [1.165, 1.54) is 13.8 Å². The smallest absolute Gasteiger partial charge is 0.303 e. The number of carbonyl (C=O) groups is 2. The van der Waals surface area contributed by atoms with E-state index in [0.717, 1.165) is 6.32 Å². The van der Waals surface area contributed by atoms with E-state index in [2.05, 4.69) is 4.74 Å². The fourth-order valence-electron chi connectivity index (χ4n) is 0.339. The summed E-state index contributed by atoms with van der Waals surface area (Å²) in [6.45, 7) is 4.57. The van der Waals surface area contributed by atoms with Gasteiger partial charge in [0.15, 0.2) is 5.78 Å². The third-order valence-electron chi connectivity index (χ3n) is 0.850. The predicted octanol–water partition coefficient (Wildman–Crippen LogP) is -0.0325. The molecule has 3 nitrogen and oxygen atoms in total. The van der Waals surface area contributed by atoms with Crippen LogP contribution in [0.4, 0.5) is 0 Å². The van der Waals surface area contributed by atoms with Gasteiger partial charge in [-0.1, -0.05) is 13.2 Å². The minimum absolute atomic E-state index is 0. The molecule has 0 aromatic carbocycles. The van der Waals surface area contributed by atoms with Crippen molar-refractivity contribution >= 4 is 33.7 Å².